The summed E-state index contributed by atoms with van der Waals surface area (Å²) in [5.74, 6) is 0.817. The first kappa shape index (κ1) is 19.2. The van der Waals surface area contributed by atoms with E-state index in [-0.39, 0.29) is 5.82 Å². The van der Waals surface area contributed by atoms with Crippen LogP contribution in [-0.2, 0) is 6.54 Å². The zero-order valence-electron chi connectivity index (χ0n) is 16.7. The van der Waals surface area contributed by atoms with Crippen molar-refractivity contribution in [2.75, 3.05) is 51.3 Å². The number of hydrogen-bond acceptors (Lipinski definition) is 4. The van der Waals surface area contributed by atoms with Gasteiger partial charge in [0.1, 0.15) is 11.6 Å². The zero-order chi connectivity index (χ0) is 19.3. The van der Waals surface area contributed by atoms with Crippen LogP contribution < -0.4 is 9.64 Å². The summed E-state index contributed by atoms with van der Waals surface area (Å²) in [7, 11) is 1.70. The molecule has 4 rings (SSSR count). The standard InChI is InChI=1S/C23H30FN3O/c1-28-22-10-8-20(9-11-22)26-13-15-27(16-14-26)21-6-4-12-25(18-21)17-19-5-2-3-7-23(19)24/h2-3,5,7-11,21H,4,6,12-18H2,1H3. The van der Waals surface area contributed by atoms with Crippen LogP contribution in [0.2, 0.25) is 0 Å². The molecule has 0 bridgehead atoms. The van der Waals surface area contributed by atoms with Crippen LogP contribution in [0.3, 0.4) is 0 Å². The van der Waals surface area contributed by atoms with Gasteiger partial charge in [0.15, 0.2) is 0 Å². The van der Waals surface area contributed by atoms with Gasteiger partial charge in [0.2, 0.25) is 0 Å². The number of hydrogen-bond donors (Lipinski definition) is 0. The van der Waals surface area contributed by atoms with E-state index in [1.807, 2.05) is 24.3 Å². The van der Waals surface area contributed by atoms with Crippen molar-refractivity contribution in [1.82, 2.24) is 9.80 Å². The van der Waals surface area contributed by atoms with E-state index in [0.29, 0.717) is 6.04 Å². The largest absolute Gasteiger partial charge is 0.497 e. The summed E-state index contributed by atoms with van der Waals surface area (Å²) in [6.45, 7) is 7.10. The lowest BCUT2D eigenvalue weighted by molar-refractivity contribution is 0.0881. The van der Waals surface area contributed by atoms with Crippen molar-refractivity contribution in [3.8, 4) is 5.75 Å². The van der Waals surface area contributed by atoms with Crippen molar-refractivity contribution < 1.29 is 9.13 Å². The van der Waals surface area contributed by atoms with Gasteiger partial charge in [-0.05, 0) is 49.7 Å². The Balaban J connectivity index is 1.31. The Morgan fingerprint density at radius 2 is 1.71 bits per heavy atom. The second-order valence-electron chi connectivity index (χ2n) is 7.84. The van der Waals surface area contributed by atoms with Gasteiger partial charge in [0, 0.05) is 56.6 Å². The van der Waals surface area contributed by atoms with Gasteiger partial charge >= 0.3 is 0 Å². The molecular formula is C23H30FN3O. The fourth-order valence-electron chi connectivity index (χ4n) is 4.48. The monoisotopic (exact) mass is 383 g/mol. The summed E-state index contributed by atoms with van der Waals surface area (Å²) in [6.07, 6.45) is 2.44. The third-order valence-electron chi connectivity index (χ3n) is 6.10. The molecule has 0 radical (unpaired) electrons. The number of methoxy groups -OCH3 is 1. The average Bonchev–Trinajstić information content (AvgIpc) is 2.76. The van der Waals surface area contributed by atoms with E-state index >= 15 is 0 Å². The van der Waals surface area contributed by atoms with Gasteiger partial charge in [-0.1, -0.05) is 18.2 Å². The van der Waals surface area contributed by atoms with E-state index in [4.69, 9.17) is 4.74 Å². The minimum atomic E-state index is -0.0854. The highest BCUT2D eigenvalue weighted by atomic mass is 19.1. The molecule has 1 atom stereocenters. The van der Waals surface area contributed by atoms with E-state index < -0.39 is 0 Å². The SMILES string of the molecule is COc1ccc(N2CCN(C3CCCN(Cc4ccccc4F)C3)CC2)cc1. The lowest BCUT2D eigenvalue weighted by Crippen LogP contribution is -2.55. The zero-order valence-corrected chi connectivity index (χ0v) is 16.7. The summed E-state index contributed by atoms with van der Waals surface area (Å²) in [4.78, 5) is 7.51. The molecule has 0 N–H and O–H groups in total. The molecule has 2 aliphatic rings. The number of likely N-dealkylation sites (tertiary alicyclic amines) is 1. The molecule has 0 aromatic heterocycles. The molecule has 4 nitrogen and oxygen atoms in total. The highest BCUT2D eigenvalue weighted by Gasteiger charge is 2.28. The van der Waals surface area contributed by atoms with Crippen LogP contribution in [0.15, 0.2) is 48.5 Å². The number of piperazine rings is 1. The number of halogens is 1. The second-order valence-corrected chi connectivity index (χ2v) is 7.84. The van der Waals surface area contributed by atoms with Crippen LogP contribution in [0.4, 0.5) is 10.1 Å². The van der Waals surface area contributed by atoms with Gasteiger partial charge in [0.25, 0.3) is 0 Å². The number of benzene rings is 2. The maximum absolute atomic E-state index is 14.0. The van der Waals surface area contributed by atoms with Crippen molar-refractivity contribution >= 4 is 5.69 Å². The second kappa shape index (κ2) is 8.93. The molecule has 28 heavy (non-hydrogen) atoms. The summed E-state index contributed by atoms with van der Waals surface area (Å²) in [5, 5.41) is 0. The molecule has 0 amide bonds. The van der Waals surface area contributed by atoms with Gasteiger partial charge in [-0.2, -0.15) is 0 Å². The highest BCUT2D eigenvalue weighted by molar-refractivity contribution is 5.49. The Morgan fingerprint density at radius 3 is 2.43 bits per heavy atom. The topological polar surface area (TPSA) is 19.0 Å². The van der Waals surface area contributed by atoms with Crippen LogP contribution in [-0.4, -0.2) is 62.2 Å². The Morgan fingerprint density at radius 1 is 0.964 bits per heavy atom. The third kappa shape index (κ3) is 4.47. The minimum absolute atomic E-state index is 0.0854. The maximum atomic E-state index is 14.0. The maximum Gasteiger partial charge on any atom is 0.127 e. The Bertz CT molecular complexity index is 759. The number of piperidine rings is 1. The minimum Gasteiger partial charge on any atom is -0.497 e. The van der Waals surface area contributed by atoms with Gasteiger partial charge in [-0.25, -0.2) is 4.39 Å². The van der Waals surface area contributed by atoms with Crippen LogP contribution in [0.25, 0.3) is 0 Å². The van der Waals surface area contributed by atoms with Crippen molar-refractivity contribution in [3.05, 3.63) is 59.9 Å². The number of nitrogens with zero attached hydrogens (tertiary/aromatic N) is 3. The van der Waals surface area contributed by atoms with Gasteiger partial charge < -0.3 is 9.64 Å². The van der Waals surface area contributed by atoms with Crippen molar-refractivity contribution in [3.63, 3.8) is 0 Å². The van der Waals surface area contributed by atoms with E-state index in [2.05, 4.69) is 26.8 Å². The van der Waals surface area contributed by atoms with Crippen molar-refractivity contribution in [1.29, 1.82) is 0 Å². The normalized spacial score (nSPS) is 21.6. The summed E-state index contributed by atoms with van der Waals surface area (Å²) >= 11 is 0. The molecule has 5 heteroatoms. The fourth-order valence-corrected chi connectivity index (χ4v) is 4.48. The Labute approximate surface area is 167 Å². The van der Waals surface area contributed by atoms with E-state index in [1.54, 1.807) is 19.2 Å². The quantitative estimate of drug-likeness (QED) is 0.785. The lowest BCUT2D eigenvalue weighted by Gasteiger charge is -2.44. The van der Waals surface area contributed by atoms with Gasteiger partial charge in [0.05, 0.1) is 7.11 Å². The lowest BCUT2D eigenvalue weighted by atomic mass is 10.0. The summed E-state index contributed by atoms with van der Waals surface area (Å²) in [5.41, 5.74) is 2.08. The number of ether oxygens (including phenoxy) is 1. The van der Waals surface area contributed by atoms with Crippen molar-refractivity contribution in [2.24, 2.45) is 0 Å². The molecular weight excluding hydrogens is 353 g/mol. The molecule has 2 saturated heterocycles. The molecule has 2 aromatic rings. The van der Waals surface area contributed by atoms with Crippen LogP contribution >= 0.6 is 0 Å². The van der Waals surface area contributed by atoms with Crippen LogP contribution in [0, 0.1) is 5.82 Å². The predicted molar refractivity (Wildman–Crippen MR) is 111 cm³/mol. The number of rotatable bonds is 5. The summed E-state index contributed by atoms with van der Waals surface area (Å²) < 4.78 is 19.3. The Hall–Kier alpha value is -2.11. The first-order chi connectivity index (χ1) is 13.7. The highest BCUT2D eigenvalue weighted by Crippen LogP contribution is 2.24. The van der Waals surface area contributed by atoms with E-state index in [0.717, 1.165) is 57.1 Å². The van der Waals surface area contributed by atoms with Gasteiger partial charge in [-0.3, -0.25) is 9.80 Å². The molecule has 0 saturated carbocycles. The van der Waals surface area contributed by atoms with Crippen molar-refractivity contribution in [2.45, 2.75) is 25.4 Å². The predicted octanol–water partition coefficient (Wildman–Crippen LogP) is 3.62. The van der Waals surface area contributed by atoms with Gasteiger partial charge in [-0.15, -0.1) is 0 Å². The van der Waals surface area contributed by atoms with E-state index in [1.165, 1.54) is 18.5 Å². The average molecular weight is 384 g/mol. The van der Waals surface area contributed by atoms with Crippen LogP contribution in [0.1, 0.15) is 18.4 Å². The van der Waals surface area contributed by atoms with Crippen LogP contribution in [0.5, 0.6) is 5.75 Å². The first-order valence-electron chi connectivity index (χ1n) is 10.3. The molecule has 2 heterocycles. The smallest absolute Gasteiger partial charge is 0.127 e. The third-order valence-corrected chi connectivity index (χ3v) is 6.10. The first-order valence-corrected chi connectivity index (χ1v) is 10.3. The molecule has 2 fully saturated rings. The molecule has 0 spiro atoms. The molecule has 2 aliphatic heterocycles. The van der Waals surface area contributed by atoms with E-state index in [9.17, 15) is 4.39 Å². The fraction of sp³-hybridized carbons (Fsp3) is 0.478. The molecule has 1 unspecified atom stereocenters. The molecule has 0 aliphatic carbocycles. The summed E-state index contributed by atoms with van der Waals surface area (Å²) in [6, 6.07) is 16.1. The number of anilines is 1. The molecule has 150 valence electrons. The Kier molecular flexibility index (Phi) is 6.13. The molecule has 2 aromatic carbocycles.